The van der Waals surface area contributed by atoms with E-state index in [0.717, 1.165) is 28.9 Å². The van der Waals surface area contributed by atoms with Gasteiger partial charge in [-0.1, -0.05) is 46.9 Å². The van der Waals surface area contributed by atoms with Crippen LogP contribution in [0.4, 0.5) is 0 Å². The molecule has 2 heterocycles. The normalized spacial score (nSPS) is 13.6. The fourth-order valence-corrected chi connectivity index (χ4v) is 3.55. The number of aromatic nitrogens is 2. The summed E-state index contributed by atoms with van der Waals surface area (Å²) in [6.07, 6.45) is 0.725. The minimum Gasteiger partial charge on any atom is -0.334 e. The zero-order valence-corrected chi connectivity index (χ0v) is 15.9. The second-order valence-electron chi connectivity index (χ2n) is 6.14. The van der Waals surface area contributed by atoms with Crippen LogP contribution in [0.1, 0.15) is 21.6 Å². The fraction of sp³-hybridized carbons (Fsp3) is 0.158. The van der Waals surface area contributed by atoms with Crippen LogP contribution in [0.2, 0.25) is 15.1 Å². The van der Waals surface area contributed by atoms with E-state index in [1.54, 1.807) is 23.1 Å². The molecule has 26 heavy (non-hydrogen) atoms. The van der Waals surface area contributed by atoms with Crippen LogP contribution in [0.25, 0.3) is 11.3 Å². The molecule has 0 aliphatic carbocycles. The topological polar surface area (TPSA) is 49.0 Å². The molecular formula is C19H14Cl3N3O. The van der Waals surface area contributed by atoms with Crippen LogP contribution < -0.4 is 0 Å². The number of hydrogen-bond acceptors (Lipinski definition) is 2. The Kier molecular flexibility index (Phi) is 4.65. The van der Waals surface area contributed by atoms with E-state index >= 15 is 0 Å². The van der Waals surface area contributed by atoms with Crippen LogP contribution in [0.15, 0.2) is 42.5 Å². The molecule has 1 amide bonds. The van der Waals surface area contributed by atoms with Crippen LogP contribution in [0.3, 0.4) is 0 Å². The van der Waals surface area contributed by atoms with Crippen molar-refractivity contribution in [3.05, 3.63) is 74.4 Å². The summed E-state index contributed by atoms with van der Waals surface area (Å²) in [5, 5.41) is 9.03. The van der Waals surface area contributed by atoms with Crippen molar-refractivity contribution in [2.24, 2.45) is 0 Å². The number of nitrogens with zero attached hydrogens (tertiary/aromatic N) is 2. The van der Waals surface area contributed by atoms with Crippen molar-refractivity contribution in [1.82, 2.24) is 15.1 Å². The molecule has 0 radical (unpaired) electrons. The molecule has 0 spiro atoms. The Morgan fingerprint density at radius 3 is 2.54 bits per heavy atom. The van der Waals surface area contributed by atoms with E-state index in [-0.39, 0.29) is 5.91 Å². The molecule has 0 unspecified atom stereocenters. The summed E-state index contributed by atoms with van der Waals surface area (Å²) < 4.78 is 0. The highest BCUT2D eigenvalue weighted by molar-refractivity contribution is 6.42. The van der Waals surface area contributed by atoms with Gasteiger partial charge in [0, 0.05) is 46.9 Å². The number of halogens is 3. The van der Waals surface area contributed by atoms with Crippen molar-refractivity contribution in [1.29, 1.82) is 0 Å². The second kappa shape index (κ2) is 6.95. The molecule has 4 rings (SSSR count). The molecule has 3 aromatic rings. The first kappa shape index (κ1) is 17.4. The van der Waals surface area contributed by atoms with Gasteiger partial charge >= 0.3 is 0 Å². The minimum atomic E-state index is -0.0718. The highest BCUT2D eigenvalue weighted by Gasteiger charge is 2.26. The summed E-state index contributed by atoms with van der Waals surface area (Å²) in [5.74, 6) is -0.0718. The Labute approximate surface area is 165 Å². The number of fused-ring (bicyclic) bond motifs is 1. The monoisotopic (exact) mass is 405 g/mol. The number of H-pyrrole nitrogens is 1. The molecule has 2 aromatic carbocycles. The largest absolute Gasteiger partial charge is 0.334 e. The lowest BCUT2D eigenvalue weighted by Gasteiger charge is -2.27. The van der Waals surface area contributed by atoms with E-state index in [0.29, 0.717) is 33.7 Å². The Hall–Kier alpha value is -2.01. The lowest BCUT2D eigenvalue weighted by Crippen LogP contribution is -2.35. The van der Waals surface area contributed by atoms with Crippen LogP contribution in [0.5, 0.6) is 0 Å². The average Bonchev–Trinajstić information content (AvgIpc) is 3.07. The summed E-state index contributed by atoms with van der Waals surface area (Å²) >= 11 is 18.0. The molecule has 1 N–H and O–H groups in total. The summed E-state index contributed by atoms with van der Waals surface area (Å²) in [7, 11) is 0. The molecule has 1 aliphatic rings. The van der Waals surface area contributed by atoms with Gasteiger partial charge in [-0.15, -0.1) is 0 Å². The molecule has 1 aliphatic heterocycles. The Bertz CT molecular complexity index is 982. The Morgan fingerprint density at radius 1 is 1.04 bits per heavy atom. The zero-order chi connectivity index (χ0) is 18.3. The van der Waals surface area contributed by atoms with Gasteiger partial charge in [0.15, 0.2) is 0 Å². The first-order valence-corrected chi connectivity index (χ1v) is 9.22. The quantitative estimate of drug-likeness (QED) is 0.633. The van der Waals surface area contributed by atoms with Gasteiger partial charge in [-0.2, -0.15) is 5.10 Å². The molecule has 0 bridgehead atoms. The number of hydrogen-bond donors (Lipinski definition) is 1. The number of rotatable bonds is 2. The zero-order valence-electron chi connectivity index (χ0n) is 13.6. The van der Waals surface area contributed by atoms with Gasteiger partial charge in [-0.3, -0.25) is 9.89 Å². The Balaban J connectivity index is 1.63. The standard InChI is InChI=1S/C19H14Cl3N3O/c20-13-4-1-11(2-5-13)18-14-10-25(8-7-17(14)23-24-18)19(26)12-3-6-15(21)16(22)9-12/h1-6,9H,7-8,10H2,(H,23,24). The maximum absolute atomic E-state index is 12.9. The first-order valence-electron chi connectivity index (χ1n) is 8.09. The van der Waals surface area contributed by atoms with Gasteiger partial charge in [0.05, 0.1) is 15.7 Å². The van der Waals surface area contributed by atoms with Gasteiger partial charge in [0.1, 0.15) is 0 Å². The Morgan fingerprint density at radius 2 is 1.81 bits per heavy atom. The molecule has 7 heteroatoms. The van der Waals surface area contributed by atoms with E-state index < -0.39 is 0 Å². The van der Waals surface area contributed by atoms with Crippen molar-refractivity contribution >= 4 is 40.7 Å². The molecule has 0 fully saturated rings. The van der Waals surface area contributed by atoms with Crippen molar-refractivity contribution in [3.8, 4) is 11.3 Å². The van der Waals surface area contributed by atoms with Crippen LogP contribution in [-0.4, -0.2) is 27.5 Å². The van der Waals surface area contributed by atoms with E-state index in [2.05, 4.69) is 10.2 Å². The van der Waals surface area contributed by atoms with Crippen LogP contribution in [0, 0.1) is 0 Å². The van der Waals surface area contributed by atoms with Crippen molar-refractivity contribution in [2.75, 3.05) is 6.54 Å². The van der Waals surface area contributed by atoms with Crippen LogP contribution >= 0.6 is 34.8 Å². The first-order chi connectivity index (χ1) is 12.5. The molecule has 0 saturated carbocycles. The summed E-state index contributed by atoms with van der Waals surface area (Å²) in [6, 6.07) is 12.5. The van der Waals surface area contributed by atoms with Gasteiger partial charge in [-0.25, -0.2) is 0 Å². The molecular weight excluding hydrogens is 393 g/mol. The number of carbonyl (C=O) groups excluding carboxylic acids is 1. The summed E-state index contributed by atoms with van der Waals surface area (Å²) in [4.78, 5) is 14.7. The predicted octanol–water partition coefficient (Wildman–Crippen LogP) is 5.24. The van der Waals surface area contributed by atoms with Crippen molar-refractivity contribution in [2.45, 2.75) is 13.0 Å². The van der Waals surface area contributed by atoms with Gasteiger partial charge in [0.25, 0.3) is 5.91 Å². The highest BCUT2D eigenvalue weighted by Crippen LogP contribution is 2.30. The van der Waals surface area contributed by atoms with E-state index in [4.69, 9.17) is 34.8 Å². The maximum atomic E-state index is 12.9. The van der Waals surface area contributed by atoms with Gasteiger partial charge in [-0.05, 0) is 30.3 Å². The lowest BCUT2D eigenvalue weighted by molar-refractivity contribution is 0.0734. The third-order valence-electron chi connectivity index (χ3n) is 4.50. The van der Waals surface area contributed by atoms with Crippen LogP contribution in [-0.2, 0) is 13.0 Å². The van der Waals surface area contributed by atoms with Gasteiger partial charge < -0.3 is 4.90 Å². The third kappa shape index (κ3) is 3.20. The summed E-state index contributed by atoms with van der Waals surface area (Å²) in [6.45, 7) is 1.11. The van der Waals surface area contributed by atoms with Crippen molar-refractivity contribution < 1.29 is 4.79 Å². The molecule has 0 saturated heterocycles. The molecule has 1 aromatic heterocycles. The van der Waals surface area contributed by atoms with E-state index in [1.807, 2.05) is 24.3 Å². The predicted molar refractivity (Wildman–Crippen MR) is 104 cm³/mol. The highest BCUT2D eigenvalue weighted by atomic mass is 35.5. The third-order valence-corrected chi connectivity index (χ3v) is 5.50. The number of aromatic amines is 1. The SMILES string of the molecule is O=C(c1ccc(Cl)c(Cl)c1)N1CCc2[nH]nc(-c3ccc(Cl)cc3)c2C1. The molecule has 132 valence electrons. The number of carbonyl (C=O) groups is 1. The smallest absolute Gasteiger partial charge is 0.254 e. The van der Waals surface area contributed by atoms with Gasteiger partial charge in [0.2, 0.25) is 0 Å². The number of nitrogens with one attached hydrogen (secondary N) is 1. The fourth-order valence-electron chi connectivity index (χ4n) is 3.13. The number of amides is 1. The number of benzene rings is 2. The molecule has 0 atom stereocenters. The minimum absolute atomic E-state index is 0.0718. The van der Waals surface area contributed by atoms with E-state index in [1.165, 1.54) is 0 Å². The molecule has 4 nitrogen and oxygen atoms in total. The maximum Gasteiger partial charge on any atom is 0.254 e. The average molecular weight is 407 g/mol. The van der Waals surface area contributed by atoms with Crippen molar-refractivity contribution in [3.63, 3.8) is 0 Å². The summed E-state index contributed by atoms with van der Waals surface area (Å²) in [5.41, 5.74) is 4.44. The second-order valence-corrected chi connectivity index (χ2v) is 7.39. The van der Waals surface area contributed by atoms with E-state index in [9.17, 15) is 4.79 Å². The lowest BCUT2D eigenvalue weighted by atomic mass is 10.0.